The van der Waals surface area contributed by atoms with Crippen molar-refractivity contribution < 1.29 is 4.52 Å². The van der Waals surface area contributed by atoms with E-state index in [4.69, 9.17) is 4.52 Å². The van der Waals surface area contributed by atoms with Crippen molar-refractivity contribution in [1.82, 2.24) is 24.9 Å². The molecule has 122 valence electrons. The van der Waals surface area contributed by atoms with Crippen molar-refractivity contribution in [2.75, 3.05) is 26.2 Å². The van der Waals surface area contributed by atoms with Crippen LogP contribution in [-0.2, 0) is 6.54 Å². The molecular weight excluding hydrogens is 290 g/mol. The van der Waals surface area contributed by atoms with Crippen molar-refractivity contribution in [2.45, 2.75) is 38.3 Å². The van der Waals surface area contributed by atoms with E-state index in [2.05, 4.69) is 37.9 Å². The number of rotatable bonds is 5. The lowest BCUT2D eigenvalue weighted by Gasteiger charge is -2.36. The minimum Gasteiger partial charge on any atom is -0.338 e. The van der Waals surface area contributed by atoms with E-state index in [1.54, 1.807) is 0 Å². The molecule has 3 heterocycles. The highest BCUT2D eigenvalue weighted by Gasteiger charge is 2.31. The molecule has 0 bridgehead atoms. The van der Waals surface area contributed by atoms with Crippen LogP contribution in [0.2, 0.25) is 0 Å². The lowest BCUT2D eigenvalue weighted by atomic mass is 10.2. The molecule has 0 radical (unpaired) electrons. The molecule has 0 aromatic carbocycles. The van der Waals surface area contributed by atoms with E-state index in [0.717, 1.165) is 50.1 Å². The predicted octanol–water partition coefficient (Wildman–Crippen LogP) is 2.22. The summed E-state index contributed by atoms with van der Waals surface area (Å²) in [7, 11) is 0. The van der Waals surface area contributed by atoms with Gasteiger partial charge in [0, 0.05) is 44.8 Å². The van der Waals surface area contributed by atoms with E-state index in [-0.39, 0.29) is 6.04 Å². The van der Waals surface area contributed by atoms with E-state index in [9.17, 15) is 0 Å². The van der Waals surface area contributed by atoms with Crippen LogP contribution in [0.1, 0.15) is 49.1 Å². The van der Waals surface area contributed by atoms with Crippen molar-refractivity contribution in [3.63, 3.8) is 0 Å². The van der Waals surface area contributed by atoms with Gasteiger partial charge in [-0.15, -0.1) is 0 Å². The number of nitrogens with zero attached hydrogens (tertiary/aromatic N) is 5. The van der Waals surface area contributed by atoms with Crippen molar-refractivity contribution in [3.05, 3.63) is 41.8 Å². The first-order chi connectivity index (χ1) is 11.3. The summed E-state index contributed by atoms with van der Waals surface area (Å²) < 4.78 is 5.48. The molecule has 0 N–H and O–H groups in total. The minimum atomic E-state index is 0.201. The summed E-state index contributed by atoms with van der Waals surface area (Å²) in [5, 5.41) is 4.13. The van der Waals surface area contributed by atoms with Gasteiger partial charge in [0.25, 0.3) is 0 Å². The maximum absolute atomic E-state index is 5.48. The first-order valence-electron chi connectivity index (χ1n) is 8.49. The van der Waals surface area contributed by atoms with Crippen LogP contribution < -0.4 is 0 Å². The van der Waals surface area contributed by atoms with Crippen LogP contribution in [0.25, 0.3) is 0 Å². The van der Waals surface area contributed by atoms with E-state index < -0.39 is 0 Å². The SMILES string of the molecule is CC(c1nc(C2CC2)no1)N1CCN(Cc2ccccn2)CC1. The van der Waals surface area contributed by atoms with Crippen molar-refractivity contribution >= 4 is 0 Å². The molecular formula is C17H23N5O. The Bertz CT molecular complexity index is 631. The largest absolute Gasteiger partial charge is 0.338 e. The summed E-state index contributed by atoms with van der Waals surface area (Å²) in [5.74, 6) is 2.22. The lowest BCUT2D eigenvalue weighted by molar-refractivity contribution is 0.0839. The number of aromatic nitrogens is 3. The van der Waals surface area contributed by atoms with Gasteiger partial charge in [0.15, 0.2) is 5.82 Å². The average molecular weight is 313 g/mol. The quantitative estimate of drug-likeness (QED) is 0.843. The fourth-order valence-corrected chi connectivity index (χ4v) is 3.11. The fraction of sp³-hybridized carbons (Fsp3) is 0.588. The van der Waals surface area contributed by atoms with E-state index in [1.165, 1.54) is 12.8 Å². The number of hydrogen-bond donors (Lipinski definition) is 0. The summed E-state index contributed by atoms with van der Waals surface area (Å²) in [5.41, 5.74) is 1.14. The molecule has 6 heteroatoms. The smallest absolute Gasteiger partial charge is 0.243 e. The van der Waals surface area contributed by atoms with Gasteiger partial charge in [0.2, 0.25) is 5.89 Å². The molecule has 23 heavy (non-hydrogen) atoms. The summed E-state index contributed by atoms with van der Waals surface area (Å²) in [4.78, 5) is 13.9. The Morgan fingerprint density at radius 1 is 1.22 bits per heavy atom. The summed E-state index contributed by atoms with van der Waals surface area (Å²) in [6.07, 6.45) is 4.28. The molecule has 2 aromatic heterocycles. The van der Waals surface area contributed by atoms with Gasteiger partial charge in [-0.05, 0) is 31.9 Å². The maximum atomic E-state index is 5.48. The molecule has 2 aromatic rings. The normalized spacial score (nSPS) is 21.4. The number of piperazine rings is 1. The van der Waals surface area contributed by atoms with Gasteiger partial charge in [0.05, 0.1) is 11.7 Å². The van der Waals surface area contributed by atoms with Gasteiger partial charge in [-0.2, -0.15) is 4.98 Å². The predicted molar refractivity (Wildman–Crippen MR) is 85.8 cm³/mol. The van der Waals surface area contributed by atoms with Gasteiger partial charge < -0.3 is 4.52 Å². The van der Waals surface area contributed by atoms with Crippen LogP contribution in [0, 0.1) is 0 Å². The van der Waals surface area contributed by atoms with Gasteiger partial charge in [-0.3, -0.25) is 14.8 Å². The molecule has 6 nitrogen and oxygen atoms in total. The Labute approximate surface area is 136 Å². The zero-order valence-corrected chi connectivity index (χ0v) is 13.6. The second-order valence-corrected chi connectivity index (χ2v) is 6.57. The zero-order valence-electron chi connectivity index (χ0n) is 13.6. The lowest BCUT2D eigenvalue weighted by Crippen LogP contribution is -2.46. The Morgan fingerprint density at radius 2 is 2.04 bits per heavy atom. The highest BCUT2D eigenvalue weighted by atomic mass is 16.5. The van der Waals surface area contributed by atoms with Gasteiger partial charge in [-0.1, -0.05) is 11.2 Å². The molecule has 4 rings (SSSR count). The molecule has 0 amide bonds. The third-order valence-corrected chi connectivity index (χ3v) is 4.82. The minimum absolute atomic E-state index is 0.201. The van der Waals surface area contributed by atoms with Crippen molar-refractivity contribution in [2.24, 2.45) is 0 Å². The van der Waals surface area contributed by atoms with E-state index >= 15 is 0 Å². The average Bonchev–Trinajstić information content (AvgIpc) is 3.33. The molecule has 1 atom stereocenters. The van der Waals surface area contributed by atoms with Crippen LogP contribution >= 0.6 is 0 Å². The van der Waals surface area contributed by atoms with Crippen LogP contribution in [0.5, 0.6) is 0 Å². The maximum Gasteiger partial charge on any atom is 0.243 e. The molecule has 1 unspecified atom stereocenters. The van der Waals surface area contributed by atoms with Crippen molar-refractivity contribution in [1.29, 1.82) is 0 Å². The summed E-state index contributed by atoms with van der Waals surface area (Å²) >= 11 is 0. The molecule has 1 aliphatic carbocycles. The first-order valence-corrected chi connectivity index (χ1v) is 8.49. The van der Waals surface area contributed by atoms with Crippen LogP contribution in [0.4, 0.5) is 0 Å². The standard InChI is InChI=1S/C17H23N5O/c1-13(17-19-16(20-23-17)14-5-6-14)22-10-8-21(9-11-22)12-15-4-2-3-7-18-15/h2-4,7,13-14H,5-6,8-12H2,1H3. The molecule has 2 aliphatic rings. The van der Waals surface area contributed by atoms with Crippen LogP contribution in [0.3, 0.4) is 0 Å². The third-order valence-electron chi connectivity index (χ3n) is 4.82. The fourth-order valence-electron chi connectivity index (χ4n) is 3.11. The summed E-state index contributed by atoms with van der Waals surface area (Å²) in [6.45, 7) is 7.23. The van der Waals surface area contributed by atoms with Gasteiger partial charge >= 0.3 is 0 Å². The Hall–Kier alpha value is -1.79. The highest BCUT2D eigenvalue weighted by molar-refractivity contribution is 5.05. The Kier molecular flexibility index (Phi) is 4.10. The summed E-state index contributed by atoms with van der Waals surface area (Å²) in [6, 6.07) is 6.30. The molecule has 2 fully saturated rings. The molecule has 1 aliphatic heterocycles. The first kappa shape index (κ1) is 14.8. The molecule has 0 spiro atoms. The Morgan fingerprint density at radius 3 is 2.74 bits per heavy atom. The second-order valence-electron chi connectivity index (χ2n) is 6.57. The topological polar surface area (TPSA) is 58.3 Å². The third kappa shape index (κ3) is 3.43. The van der Waals surface area contributed by atoms with Crippen LogP contribution in [-0.4, -0.2) is 51.1 Å². The van der Waals surface area contributed by atoms with Crippen LogP contribution in [0.15, 0.2) is 28.9 Å². The van der Waals surface area contributed by atoms with Crippen molar-refractivity contribution in [3.8, 4) is 0 Å². The monoisotopic (exact) mass is 313 g/mol. The van der Waals surface area contributed by atoms with E-state index in [1.807, 2.05) is 18.3 Å². The second kappa shape index (κ2) is 6.37. The molecule has 1 saturated heterocycles. The number of pyridine rings is 1. The highest BCUT2D eigenvalue weighted by Crippen LogP contribution is 2.38. The Balaban J connectivity index is 1.31. The zero-order chi connectivity index (χ0) is 15.6. The van der Waals surface area contributed by atoms with Gasteiger partial charge in [0.1, 0.15) is 0 Å². The van der Waals surface area contributed by atoms with E-state index in [0.29, 0.717) is 5.92 Å². The number of hydrogen-bond acceptors (Lipinski definition) is 6. The molecule has 1 saturated carbocycles. The van der Waals surface area contributed by atoms with Gasteiger partial charge in [-0.25, -0.2) is 0 Å².